The fourth-order valence-corrected chi connectivity index (χ4v) is 2.79. The summed E-state index contributed by atoms with van der Waals surface area (Å²) in [5.41, 5.74) is 0.285. The molecule has 0 aromatic rings. The van der Waals surface area contributed by atoms with Crippen molar-refractivity contribution in [1.29, 1.82) is 0 Å². The largest absolute Gasteiger partial charge is 0.378 e. The third-order valence-electron chi connectivity index (χ3n) is 3.79. The Hall–Kier alpha value is -0.0800. The molecule has 2 aliphatic rings. The molecule has 0 aromatic carbocycles. The van der Waals surface area contributed by atoms with Crippen molar-refractivity contribution in [1.82, 2.24) is 5.32 Å². The zero-order chi connectivity index (χ0) is 9.86. The van der Waals surface area contributed by atoms with Crippen molar-refractivity contribution in [3.8, 4) is 0 Å². The topological polar surface area (TPSA) is 23.3 Å². The van der Waals surface area contributed by atoms with Crippen LogP contribution in [0.15, 0.2) is 0 Å². The van der Waals surface area contributed by atoms with E-state index in [4.69, 9.17) is 10.1 Å². The Morgan fingerprint density at radius 1 is 1.36 bits per heavy atom. The van der Waals surface area contributed by atoms with Crippen LogP contribution in [0.25, 0.3) is 0 Å². The van der Waals surface area contributed by atoms with Crippen LogP contribution in [0.3, 0.4) is 0 Å². The molecule has 81 valence electrons. The number of nitrogens with zero attached hydrogens (tertiary/aromatic N) is 1. The van der Waals surface area contributed by atoms with Crippen molar-refractivity contribution in [3.63, 3.8) is 0 Å². The summed E-state index contributed by atoms with van der Waals surface area (Å²) < 4.78 is 5.72. The third-order valence-corrected chi connectivity index (χ3v) is 3.79. The van der Waals surface area contributed by atoms with Gasteiger partial charge in [0.1, 0.15) is 0 Å². The van der Waals surface area contributed by atoms with Crippen LogP contribution in [0.4, 0.5) is 0 Å². The van der Waals surface area contributed by atoms with E-state index in [1.165, 1.54) is 44.9 Å². The molecule has 2 saturated heterocycles. The molecule has 0 bridgehead atoms. The van der Waals surface area contributed by atoms with Gasteiger partial charge >= 0.3 is 0 Å². The van der Waals surface area contributed by atoms with Crippen molar-refractivity contribution < 1.29 is 4.74 Å². The maximum absolute atomic E-state index is 5.72. The highest BCUT2D eigenvalue weighted by Gasteiger charge is 2.34. The van der Waals surface area contributed by atoms with Crippen LogP contribution in [0.2, 0.25) is 0 Å². The smallest absolute Gasteiger partial charge is 0.0594 e. The summed E-state index contributed by atoms with van der Waals surface area (Å²) in [6.45, 7) is 4.34. The predicted octanol–water partition coefficient (Wildman–Crippen LogP) is 2.49. The van der Waals surface area contributed by atoms with Crippen LogP contribution in [-0.2, 0) is 4.74 Å². The van der Waals surface area contributed by atoms with E-state index in [2.05, 4.69) is 6.92 Å². The Kier molecular flexibility index (Phi) is 3.45. The second-order valence-corrected chi connectivity index (χ2v) is 4.76. The van der Waals surface area contributed by atoms with E-state index in [0.717, 1.165) is 13.2 Å². The number of ether oxygens (including phenoxy) is 1. The van der Waals surface area contributed by atoms with E-state index in [1.54, 1.807) is 0 Å². The third kappa shape index (κ3) is 2.29. The molecule has 1 radical (unpaired) electrons. The van der Waals surface area contributed by atoms with Crippen LogP contribution < -0.4 is 5.32 Å². The fourth-order valence-electron chi connectivity index (χ4n) is 2.79. The Bertz CT molecular complexity index is 169. The van der Waals surface area contributed by atoms with E-state index in [9.17, 15) is 0 Å². The first-order valence-electron chi connectivity index (χ1n) is 6.15. The Morgan fingerprint density at radius 3 is 2.86 bits per heavy atom. The molecule has 0 aromatic heterocycles. The molecule has 2 aliphatic heterocycles. The molecule has 14 heavy (non-hydrogen) atoms. The molecule has 0 amide bonds. The predicted molar refractivity (Wildman–Crippen MR) is 57.5 cm³/mol. The molecule has 0 aliphatic carbocycles. The molecule has 2 rings (SSSR count). The second kappa shape index (κ2) is 4.63. The SMILES string of the molecule is CCC1(CC2CCCO2)CCCC[N]1. The monoisotopic (exact) mass is 196 g/mol. The Morgan fingerprint density at radius 2 is 2.29 bits per heavy atom. The van der Waals surface area contributed by atoms with Gasteiger partial charge < -0.3 is 4.74 Å². The van der Waals surface area contributed by atoms with Gasteiger partial charge in [0.15, 0.2) is 0 Å². The molecule has 0 spiro atoms. The lowest BCUT2D eigenvalue weighted by Gasteiger charge is -2.37. The lowest BCUT2D eigenvalue weighted by molar-refractivity contribution is 0.0634. The van der Waals surface area contributed by atoms with Gasteiger partial charge in [-0.1, -0.05) is 13.3 Å². The summed E-state index contributed by atoms with van der Waals surface area (Å²) in [7, 11) is 0. The van der Waals surface area contributed by atoms with E-state index in [0.29, 0.717) is 6.10 Å². The van der Waals surface area contributed by atoms with Gasteiger partial charge in [-0.25, -0.2) is 5.32 Å². The average Bonchev–Trinajstić information content (AvgIpc) is 2.72. The van der Waals surface area contributed by atoms with E-state index >= 15 is 0 Å². The van der Waals surface area contributed by atoms with Gasteiger partial charge in [-0.15, -0.1) is 0 Å². The first kappa shape index (κ1) is 10.4. The zero-order valence-electron chi connectivity index (χ0n) is 9.30. The molecular weight excluding hydrogens is 174 g/mol. The summed E-state index contributed by atoms with van der Waals surface area (Å²) in [4.78, 5) is 0. The minimum atomic E-state index is 0.285. The summed E-state index contributed by atoms with van der Waals surface area (Å²) in [6.07, 6.45) is 9.37. The van der Waals surface area contributed by atoms with Gasteiger partial charge in [0, 0.05) is 18.7 Å². The van der Waals surface area contributed by atoms with Gasteiger partial charge in [0.2, 0.25) is 0 Å². The van der Waals surface area contributed by atoms with Gasteiger partial charge in [-0.05, 0) is 38.5 Å². The maximum atomic E-state index is 5.72. The highest BCUT2D eigenvalue weighted by molar-refractivity contribution is 4.92. The molecule has 0 saturated carbocycles. The lowest BCUT2D eigenvalue weighted by Crippen LogP contribution is -2.45. The molecule has 2 heterocycles. The number of piperidine rings is 1. The van der Waals surface area contributed by atoms with E-state index in [1.807, 2.05) is 0 Å². The van der Waals surface area contributed by atoms with Crippen LogP contribution in [0.5, 0.6) is 0 Å². The van der Waals surface area contributed by atoms with Crippen molar-refractivity contribution in [3.05, 3.63) is 0 Å². The standard InChI is InChI=1S/C12H22NO/c1-2-12(7-3-4-8-13-12)10-11-6-5-9-14-11/h11H,2-10H2,1H3. The minimum Gasteiger partial charge on any atom is -0.378 e. The van der Waals surface area contributed by atoms with E-state index < -0.39 is 0 Å². The normalized spacial score (nSPS) is 38.8. The zero-order valence-corrected chi connectivity index (χ0v) is 9.30. The van der Waals surface area contributed by atoms with Crippen LogP contribution in [0.1, 0.15) is 51.9 Å². The fraction of sp³-hybridized carbons (Fsp3) is 1.00. The van der Waals surface area contributed by atoms with E-state index in [-0.39, 0.29) is 5.54 Å². The highest BCUT2D eigenvalue weighted by Crippen LogP contribution is 2.32. The molecular formula is C12H22NO. The van der Waals surface area contributed by atoms with Gasteiger partial charge in [0.25, 0.3) is 0 Å². The summed E-state index contributed by atoms with van der Waals surface area (Å²) >= 11 is 0. The molecule has 2 heteroatoms. The van der Waals surface area contributed by atoms with Crippen LogP contribution >= 0.6 is 0 Å². The highest BCUT2D eigenvalue weighted by atomic mass is 16.5. The van der Waals surface area contributed by atoms with Crippen molar-refractivity contribution in [2.75, 3.05) is 13.2 Å². The van der Waals surface area contributed by atoms with Gasteiger partial charge in [0.05, 0.1) is 6.10 Å². The first-order chi connectivity index (χ1) is 6.85. The summed E-state index contributed by atoms with van der Waals surface area (Å²) in [5.74, 6) is 0. The van der Waals surface area contributed by atoms with Crippen molar-refractivity contribution in [2.24, 2.45) is 0 Å². The first-order valence-corrected chi connectivity index (χ1v) is 6.15. The molecule has 0 N–H and O–H groups in total. The van der Waals surface area contributed by atoms with Crippen molar-refractivity contribution >= 4 is 0 Å². The van der Waals surface area contributed by atoms with Gasteiger partial charge in [-0.3, -0.25) is 0 Å². The van der Waals surface area contributed by atoms with Crippen molar-refractivity contribution in [2.45, 2.75) is 63.5 Å². The summed E-state index contributed by atoms with van der Waals surface area (Å²) in [6, 6.07) is 0. The average molecular weight is 196 g/mol. The maximum Gasteiger partial charge on any atom is 0.0594 e. The molecule has 2 atom stereocenters. The number of hydrogen-bond acceptors (Lipinski definition) is 1. The van der Waals surface area contributed by atoms with Crippen LogP contribution in [0, 0.1) is 0 Å². The second-order valence-electron chi connectivity index (χ2n) is 4.76. The molecule has 2 unspecified atom stereocenters. The van der Waals surface area contributed by atoms with Gasteiger partial charge in [-0.2, -0.15) is 0 Å². The number of hydrogen-bond donors (Lipinski definition) is 0. The quantitative estimate of drug-likeness (QED) is 0.680. The molecule has 2 fully saturated rings. The molecule has 2 nitrogen and oxygen atoms in total. The minimum absolute atomic E-state index is 0.285. The lowest BCUT2D eigenvalue weighted by atomic mass is 9.81. The Balaban J connectivity index is 1.89. The summed E-state index contributed by atoms with van der Waals surface area (Å²) in [5, 5.41) is 4.86. The number of rotatable bonds is 3. The Labute approximate surface area is 87.4 Å². The van der Waals surface area contributed by atoms with Crippen LogP contribution in [-0.4, -0.2) is 24.8 Å².